The van der Waals surface area contributed by atoms with E-state index in [0.29, 0.717) is 22.5 Å². The lowest BCUT2D eigenvalue weighted by Gasteiger charge is -2.08. The van der Waals surface area contributed by atoms with Crippen molar-refractivity contribution in [2.75, 3.05) is 11.9 Å². The molecule has 7 nitrogen and oxygen atoms in total. The van der Waals surface area contributed by atoms with Gasteiger partial charge >= 0.3 is 0 Å². The topological polar surface area (TPSA) is 85.6 Å². The summed E-state index contributed by atoms with van der Waals surface area (Å²) in [5.41, 5.74) is 1.93. The average Bonchev–Trinajstić information content (AvgIpc) is 2.79. The fourth-order valence-corrected chi connectivity index (χ4v) is 3.01. The average molecular weight is 412 g/mol. The molecule has 0 fully saturated rings. The van der Waals surface area contributed by atoms with Gasteiger partial charge < -0.3 is 10.1 Å². The zero-order valence-electron chi connectivity index (χ0n) is 16.9. The van der Waals surface area contributed by atoms with Crippen molar-refractivity contribution in [3.63, 3.8) is 0 Å². The number of benzene rings is 3. The monoisotopic (exact) mass is 412 g/mol. The van der Waals surface area contributed by atoms with Crippen LogP contribution in [0.25, 0.3) is 10.9 Å². The van der Waals surface area contributed by atoms with Gasteiger partial charge in [0.2, 0.25) is 0 Å². The summed E-state index contributed by atoms with van der Waals surface area (Å²) < 4.78 is 6.80. The molecule has 1 amide bonds. The van der Waals surface area contributed by atoms with Crippen LogP contribution in [-0.4, -0.2) is 28.4 Å². The van der Waals surface area contributed by atoms with Gasteiger partial charge in [-0.3, -0.25) is 9.59 Å². The Morgan fingerprint density at radius 3 is 2.52 bits per heavy atom. The van der Waals surface area contributed by atoms with Crippen molar-refractivity contribution in [1.29, 1.82) is 0 Å². The maximum Gasteiger partial charge on any atom is 0.282 e. The van der Waals surface area contributed by atoms with Crippen LogP contribution in [0.1, 0.15) is 11.4 Å². The number of rotatable bonds is 6. The number of amides is 1. The van der Waals surface area contributed by atoms with Gasteiger partial charge in [-0.2, -0.15) is 9.78 Å². The number of hydrogen-bond donors (Lipinski definition) is 1. The van der Waals surface area contributed by atoms with E-state index in [1.807, 2.05) is 36.4 Å². The first kappa shape index (κ1) is 20.0. The molecule has 3 aromatic carbocycles. The van der Waals surface area contributed by atoms with E-state index >= 15 is 0 Å². The van der Waals surface area contributed by atoms with Crippen LogP contribution < -0.4 is 15.6 Å². The van der Waals surface area contributed by atoms with Crippen LogP contribution in [0.2, 0.25) is 0 Å². The molecule has 4 rings (SSSR count). The third-order valence-corrected chi connectivity index (χ3v) is 4.55. The van der Waals surface area contributed by atoms with Crippen LogP contribution in [0, 0.1) is 6.92 Å². The summed E-state index contributed by atoms with van der Waals surface area (Å²) in [5, 5.41) is 7.57. The molecular formula is C24H20N4O3. The Hall–Kier alpha value is -4.26. The Labute approximate surface area is 178 Å². The van der Waals surface area contributed by atoms with E-state index < -0.39 is 0 Å². The highest BCUT2D eigenvalue weighted by atomic mass is 16.5. The lowest BCUT2D eigenvalue weighted by Crippen LogP contribution is -2.20. The molecule has 0 aliphatic carbocycles. The highest BCUT2D eigenvalue weighted by Gasteiger charge is 2.06. The minimum Gasteiger partial charge on any atom is -0.484 e. The van der Waals surface area contributed by atoms with Crippen LogP contribution >= 0.6 is 0 Å². The summed E-state index contributed by atoms with van der Waals surface area (Å²) in [4.78, 5) is 29.1. The number of para-hydroxylation sites is 2. The Morgan fingerprint density at radius 2 is 1.74 bits per heavy atom. The smallest absolute Gasteiger partial charge is 0.282 e. The van der Waals surface area contributed by atoms with Gasteiger partial charge in [0, 0.05) is 5.69 Å². The molecule has 7 heteroatoms. The first-order valence-corrected chi connectivity index (χ1v) is 9.71. The molecule has 31 heavy (non-hydrogen) atoms. The highest BCUT2D eigenvalue weighted by molar-refractivity contribution is 5.91. The van der Waals surface area contributed by atoms with Crippen molar-refractivity contribution in [2.24, 2.45) is 5.10 Å². The number of fused-ring (bicyclic) bond motifs is 1. The predicted octanol–water partition coefficient (Wildman–Crippen LogP) is 3.60. The van der Waals surface area contributed by atoms with Crippen molar-refractivity contribution in [1.82, 2.24) is 9.66 Å². The number of nitrogens with zero attached hydrogens (tertiary/aromatic N) is 3. The first-order chi connectivity index (χ1) is 15.1. The van der Waals surface area contributed by atoms with Crippen LogP contribution in [0.5, 0.6) is 5.75 Å². The molecule has 0 spiro atoms. The molecule has 0 aliphatic rings. The largest absolute Gasteiger partial charge is 0.484 e. The van der Waals surface area contributed by atoms with Crippen molar-refractivity contribution in [3.05, 3.63) is 101 Å². The first-order valence-electron chi connectivity index (χ1n) is 9.71. The fraction of sp³-hybridized carbons (Fsp3) is 0.0833. The molecular weight excluding hydrogens is 392 g/mol. The van der Waals surface area contributed by atoms with Crippen molar-refractivity contribution in [2.45, 2.75) is 6.92 Å². The maximum absolute atomic E-state index is 12.7. The summed E-state index contributed by atoms with van der Waals surface area (Å²) in [6, 6.07) is 23.4. The summed E-state index contributed by atoms with van der Waals surface area (Å²) in [6.45, 7) is 1.64. The molecule has 1 aromatic heterocycles. The molecule has 0 radical (unpaired) electrons. The zero-order valence-corrected chi connectivity index (χ0v) is 16.9. The normalized spacial score (nSPS) is 11.0. The Balaban J connectivity index is 1.41. The number of nitrogens with one attached hydrogen (secondary N) is 1. The fourth-order valence-electron chi connectivity index (χ4n) is 3.01. The number of aromatic nitrogens is 2. The second-order valence-electron chi connectivity index (χ2n) is 6.81. The molecule has 0 saturated heterocycles. The van der Waals surface area contributed by atoms with Crippen LogP contribution in [0.15, 0.2) is 88.8 Å². The van der Waals surface area contributed by atoms with E-state index in [-0.39, 0.29) is 18.1 Å². The summed E-state index contributed by atoms with van der Waals surface area (Å²) in [7, 11) is 0. The highest BCUT2D eigenvalue weighted by Crippen LogP contribution is 2.12. The van der Waals surface area contributed by atoms with E-state index in [0.717, 1.165) is 11.3 Å². The summed E-state index contributed by atoms with van der Waals surface area (Å²) in [6.07, 6.45) is 1.58. The van der Waals surface area contributed by atoms with E-state index in [1.54, 1.807) is 55.6 Å². The molecule has 0 saturated carbocycles. The molecule has 1 N–H and O–H groups in total. The molecule has 0 bridgehead atoms. The van der Waals surface area contributed by atoms with Crippen LogP contribution in [0.3, 0.4) is 0 Å². The second-order valence-corrected chi connectivity index (χ2v) is 6.81. The van der Waals surface area contributed by atoms with Gasteiger partial charge in [-0.05, 0) is 61.0 Å². The Bertz CT molecular complexity index is 1300. The number of anilines is 1. The Morgan fingerprint density at radius 1 is 1.03 bits per heavy atom. The number of aryl methyl sites for hydroxylation is 1. The summed E-state index contributed by atoms with van der Waals surface area (Å²) >= 11 is 0. The van der Waals surface area contributed by atoms with Gasteiger partial charge in [-0.15, -0.1) is 0 Å². The molecule has 0 aliphatic heterocycles. The number of ether oxygens (including phenoxy) is 1. The lowest BCUT2D eigenvalue weighted by molar-refractivity contribution is -0.118. The van der Waals surface area contributed by atoms with E-state index in [1.165, 1.54) is 4.68 Å². The van der Waals surface area contributed by atoms with Crippen molar-refractivity contribution in [3.8, 4) is 5.75 Å². The van der Waals surface area contributed by atoms with Crippen LogP contribution in [0.4, 0.5) is 5.69 Å². The zero-order chi connectivity index (χ0) is 21.6. The van der Waals surface area contributed by atoms with Gasteiger partial charge in [0.25, 0.3) is 11.5 Å². The third-order valence-electron chi connectivity index (χ3n) is 4.55. The quantitative estimate of drug-likeness (QED) is 0.490. The van der Waals surface area contributed by atoms with E-state index in [4.69, 9.17) is 4.74 Å². The standard InChI is InChI=1S/C24H20N4O3/c1-17-26-22-10-6-5-9-21(22)24(30)28(17)25-15-18-11-13-20(14-12-18)31-16-23(29)27-19-7-3-2-4-8-19/h2-15H,16H2,1H3,(H,27,29)/b25-15-. The second kappa shape index (κ2) is 9.04. The molecule has 0 atom stereocenters. The van der Waals surface area contributed by atoms with Crippen LogP contribution in [-0.2, 0) is 4.79 Å². The molecule has 1 heterocycles. The van der Waals surface area contributed by atoms with E-state index in [9.17, 15) is 9.59 Å². The van der Waals surface area contributed by atoms with Crippen molar-refractivity contribution >= 4 is 28.7 Å². The lowest BCUT2D eigenvalue weighted by atomic mass is 10.2. The molecule has 0 unspecified atom stereocenters. The minimum absolute atomic E-state index is 0.0975. The van der Waals surface area contributed by atoms with Gasteiger partial charge in [0.05, 0.1) is 17.1 Å². The third kappa shape index (κ3) is 4.84. The molecule has 154 valence electrons. The van der Waals surface area contributed by atoms with Gasteiger partial charge in [0.1, 0.15) is 11.6 Å². The predicted molar refractivity (Wildman–Crippen MR) is 121 cm³/mol. The minimum atomic E-state index is -0.240. The number of carbonyl (C=O) groups excluding carboxylic acids is 1. The summed E-state index contributed by atoms with van der Waals surface area (Å²) in [5.74, 6) is 0.820. The number of hydrogen-bond acceptors (Lipinski definition) is 5. The van der Waals surface area contributed by atoms with Gasteiger partial charge in [-0.25, -0.2) is 4.98 Å². The molecule has 4 aromatic rings. The Kier molecular flexibility index (Phi) is 5.84. The van der Waals surface area contributed by atoms with E-state index in [2.05, 4.69) is 15.4 Å². The van der Waals surface area contributed by atoms with Gasteiger partial charge in [0.15, 0.2) is 6.61 Å². The van der Waals surface area contributed by atoms with Gasteiger partial charge in [-0.1, -0.05) is 30.3 Å². The maximum atomic E-state index is 12.7. The SMILES string of the molecule is Cc1nc2ccccc2c(=O)n1/N=C\c1ccc(OCC(=O)Nc2ccccc2)cc1. The van der Waals surface area contributed by atoms with Crippen molar-refractivity contribution < 1.29 is 9.53 Å². The number of carbonyl (C=O) groups is 1.